The lowest BCUT2D eigenvalue weighted by molar-refractivity contribution is -0.0176. The van der Waals surface area contributed by atoms with Gasteiger partial charge in [0, 0.05) is 38.0 Å². The summed E-state index contributed by atoms with van der Waals surface area (Å²) in [7, 11) is 0. The van der Waals surface area contributed by atoms with Gasteiger partial charge >= 0.3 is 5.69 Å². The number of H-pyrrole nitrogens is 2. The molecule has 1 aliphatic carbocycles. The number of fused-ring (bicyclic) bond motifs is 3. The number of aromatic nitrogens is 2. The number of carbonyl (C=O) groups excluding carboxylic acids is 1. The molecule has 3 heterocycles. The highest BCUT2D eigenvalue weighted by Gasteiger charge is 2.44. The number of benzene rings is 2. The smallest absolute Gasteiger partial charge is 0.323 e. The number of ether oxygens (including phenoxy) is 1. The summed E-state index contributed by atoms with van der Waals surface area (Å²) in [5, 5.41) is 0. The lowest BCUT2D eigenvalue weighted by atomic mass is 9.82. The fourth-order valence-electron chi connectivity index (χ4n) is 5.39. The molecule has 1 fully saturated rings. The van der Waals surface area contributed by atoms with Crippen molar-refractivity contribution in [2.45, 2.75) is 43.7 Å². The lowest BCUT2D eigenvalue weighted by Crippen LogP contribution is -2.53. The molecule has 0 saturated carbocycles. The zero-order chi connectivity index (χ0) is 19.6. The molecule has 0 atom stereocenters. The molecule has 2 aromatic carbocycles. The molecule has 3 aromatic rings. The van der Waals surface area contributed by atoms with Crippen molar-refractivity contribution >= 4 is 29.2 Å². The molecular formula is C23H24ClN3O3. The van der Waals surface area contributed by atoms with Crippen molar-refractivity contribution in [3.05, 3.63) is 63.6 Å². The predicted molar refractivity (Wildman–Crippen MR) is 117 cm³/mol. The first-order valence-corrected chi connectivity index (χ1v) is 10.4. The molecule has 156 valence electrons. The number of nitrogens with one attached hydrogen (secondary N) is 2. The van der Waals surface area contributed by atoms with Crippen molar-refractivity contribution in [2.75, 3.05) is 13.1 Å². The Kier molecular flexibility index (Phi) is 4.52. The summed E-state index contributed by atoms with van der Waals surface area (Å²) in [5.74, 6) is 0.711. The number of piperidine rings is 1. The van der Waals surface area contributed by atoms with Crippen molar-refractivity contribution in [1.82, 2.24) is 14.9 Å². The van der Waals surface area contributed by atoms with Crippen LogP contribution in [0.4, 0.5) is 0 Å². The Morgan fingerprint density at radius 1 is 0.967 bits per heavy atom. The van der Waals surface area contributed by atoms with Crippen LogP contribution in [0.2, 0.25) is 0 Å². The summed E-state index contributed by atoms with van der Waals surface area (Å²) in [6, 6.07) is 12.8. The number of halogens is 1. The highest BCUT2D eigenvalue weighted by Crippen LogP contribution is 2.41. The Morgan fingerprint density at radius 3 is 2.27 bits per heavy atom. The van der Waals surface area contributed by atoms with Crippen LogP contribution >= 0.6 is 12.4 Å². The number of nitrogens with zero attached hydrogens (tertiary/aromatic N) is 1. The fourth-order valence-corrected chi connectivity index (χ4v) is 5.39. The van der Waals surface area contributed by atoms with E-state index in [1.54, 1.807) is 12.1 Å². The number of hydrogen-bond donors (Lipinski definition) is 2. The van der Waals surface area contributed by atoms with Crippen molar-refractivity contribution in [2.24, 2.45) is 0 Å². The monoisotopic (exact) mass is 425 g/mol. The second kappa shape index (κ2) is 7.00. The molecule has 6 nitrogen and oxygen atoms in total. The van der Waals surface area contributed by atoms with Crippen molar-refractivity contribution in [3.63, 3.8) is 0 Å². The van der Waals surface area contributed by atoms with Crippen molar-refractivity contribution in [1.29, 1.82) is 0 Å². The maximum atomic E-state index is 12.9. The lowest BCUT2D eigenvalue weighted by Gasteiger charge is -2.45. The van der Waals surface area contributed by atoms with Gasteiger partial charge in [-0.05, 0) is 30.0 Å². The number of ketones is 1. The second-order valence-corrected chi connectivity index (χ2v) is 8.72. The Balaban J connectivity index is 0.00000193. The van der Waals surface area contributed by atoms with Crippen LogP contribution in [0.3, 0.4) is 0 Å². The molecule has 2 aliphatic heterocycles. The highest BCUT2D eigenvalue weighted by atomic mass is 35.5. The molecule has 3 aliphatic rings. The summed E-state index contributed by atoms with van der Waals surface area (Å²) in [4.78, 5) is 32.5. The van der Waals surface area contributed by atoms with Crippen molar-refractivity contribution < 1.29 is 9.53 Å². The van der Waals surface area contributed by atoms with E-state index in [1.165, 1.54) is 11.1 Å². The summed E-state index contributed by atoms with van der Waals surface area (Å²) in [5.41, 5.74) is 4.16. The SMILES string of the molecule is Cl.O=C1CC2(CCN(C3Cc4ccccc4C3)CC2)Oc2cc3[nH]c(=O)[nH]c3cc21. The molecule has 0 bridgehead atoms. The Hall–Kier alpha value is -2.57. The Morgan fingerprint density at radius 2 is 1.60 bits per heavy atom. The maximum Gasteiger partial charge on any atom is 0.323 e. The van der Waals surface area contributed by atoms with Crippen molar-refractivity contribution in [3.8, 4) is 5.75 Å². The van der Waals surface area contributed by atoms with Crippen LogP contribution in [0.25, 0.3) is 11.0 Å². The molecular weight excluding hydrogens is 402 g/mol. The molecule has 30 heavy (non-hydrogen) atoms. The highest BCUT2D eigenvalue weighted by molar-refractivity contribution is 6.03. The predicted octanol–water partition coefficient (Wildman–Crippen LogP) is 3.25. The number of aromatic amines is 2. The number of carbonyl (C=O) groups is 1. The average molecular weight is 426 g/mol. The number of rotatable bonds is 1. The maximum absolute atomic E-state index is 12.9. The minimum Gasteiger partial charge on any atom is -0.486 e. The molecule has 6 rings (SSSR count). The van der Waals surface area contributed by atoms with Crippen LogP contribution in [0, 0.1) is 0 Å². The van der Waals surface area contributed by atoms with E-state index >= 15 is 0 Å². The summed E-state index contributed by atoms with van der Waals surface area (Å²) < 4.78 is 6.44. The third-order valence-corrected chi connectivity index (χ3v) is 6.98. The average Bonchev–Trinajstić information content (AvgIpc) is 3.29. The van der Waals surface area contributed by atoms with Gasteiger partial charge < -0.3 is 14.7 Å². The molecule has 1 spiro atoms. The quantitative estimate of drug-likeness (QED) is 0.627. The Bertz CT molecular complexity index is 1160. The summed E-state index contributed by atoms with van der Waals surface area (Å²) in [6.07, 6.45) is 4.35. The Labute approximate surface area is 180 Å². The van der Waals surface area contributed by atoms with Crippen LogP contribution in [0.5, 0.6) is 5.75 Å². The third-order valence-electron chi connectivity index (χ3n) is 6.98. The van der Waals surface area contributed by atoms with Gasteiger partial charge in [-0.15, -0.1) is 12.4 Å². The first-order chi connectivity index (χ1) is 14.1. The van der Waals surface area contributed by atoms with Gasteiger partial charge in [0.25, 0.3) is 0 Å². The molecule has 1 aromatic heterocycles. The van der Waals surface area contributed by atoms with Crippen LogP contribution < -0.4 is 10.4 Å². The van der Waals surface area contributed by atoms with Gasteiger partial charge in [-0.3, -0.25) is 9.69 Å². The van der Waals surface area contributed by atoms with Crippen LogP contribution in [0.1, 0.15) is 40.7 Å². The van der Waals surface area contributed by atoms with E-state index in [9.17, 15) is 9.59 Å². The van der Waals surface area contributed by atoms with Crippen LogP contribution in [-0.2, 0) is 12.8 Å². The zero-order valence-electron chi connectivity index (χ0n) is 16.6. The van der Waals surface area contributed by atoms with Gasteiger partial charge in [-0.2, -0.15) is 0 Å². The normalized spacial score (nSPS) is 20.6. The fraction of sp³-hybridized carbons (Fsp3) is 0.391. The molecule has 0 amide bonds. The van der Waals surface area contributed by atoms with E-state index in [-0.39, 0.29) is 23.9 Å². The standard InChI is InChI=1S/C23H23N3O3.ClH/c27-20-13-23(29-21-12-19-18(11-17(20)21)24-22(28)25-19)5-7-26(8-6-23)16-9-14-3-1-2-4-15(14)10-16;/h1-4,11-12,16H,5-10,13H2,(H2,24,25,28);1H. The number of likely N-dealkylation sites (tertiary alicyclic amines) is 1. The van der Waals surface area contributed by atoms with Gasteiger partial charge in [0.2, 0.25) is 0 Å². The molecule has 1 saturated heterocycles. The number of hydrogen-bond acceptors (Lipinski definition) is 4. The third kappa shape index (κ3) is 3.06. The first-order valence-electron chi connectivity index (χ1n) is 10.4. The minimum absolute atomic E-state index is 0. The van der Waals surface area contributed by atoms with E-state index in [2.05, 4.69) is 39.1 Å². The number of imidazole rings is 1. The van der Waals surface area contributed by atoms with E-state index in [1.807, 2.05) is 0 Å². The van der Waals surface area contributed by atoms with Crippen LogP contribution in [0.15, 0.2) is 41.2 Å². The van der Waals surface area contributed by atoms with Gasteiger partial charge in [-0.25, -0.2) is 4.79 Å². The van der Waals surface area contributed by atoms with E-state index in [0.717, 1.165) is 38.8 Å². The van der Waals surface area contributed by atoms with E-state index < -0.39 is 5.60 Å². The second-order valence-electron chi connectivity index (χ2n) is 8.72. The van der Waals surface area contributed by atoms with Gasteiger partial charge in [0.15, 0.2) is 5.78 Å². The largest absolute Gasteiger partial charge is 0.486 e. The number of Topliss-reactive ketones (excluding diaryl/α,β-unsaturated/α-hetero) is 1. The molecule has 0 radical (unpaired) electrons. The molecule has 7 heteroatoms. The van der Waals surface area contributed by atoms with Gasteiger partial charge in [-0.1, -0.05) is 24.3 Å². The zero-order valence-corrected chi connectivity index (χ0v) is 17.4. The molecule has 2 N–H and O–H groups in total. The van der Waals surface area contributed by atoms with Gasteiger partial charge in [0.1, 0.15) is 11.4 Å². The van der Waals surface area contributed by atoms with E-state index in [0.29, 0.717) is 34.8 Å². The van der Waals surface area contributed by atoms with Gasteiger partial charge in [0.05, 0.1) is 23.0 Å². The minimum atomic E-state index is -0.420. The van der Waals surface area contributed by atoms with Crippen LogP contribution in [-0.4, -0.2) is 45.4 Å². The molecule has 0 unspecified atom stereocenters. The summed E-state index contributed by atoms with van der Waals surface area (Å²) in [6.45, 7) is 1.90. The topological polar surface area (TPSA) is 78.2 Å². The summed E-state index contributed by atoms with van der Waals surface area (Å²) >= 11 is 0. The van der Waals surface area contributed by atoms with E-state index in [4.69, 9.17) is 4.74 Å². The first kappa shape index (κ1) is 19.4.